The first-order chi connectivity index (χ1) is 7.12. The van der Waals surface area contributed by atoms with E-state index in [1.54, 1.807) is 0 Å². The summed E-state index contributed by atoms with van der Waals surface area (Å²) < 4.78 is 0. The Morgan fingerprint density at radius 2 is 1.93 bits per heavy atom. The van der Waals surface area contributed by atoms with Crippen LogP contribution in [0.25, 0.3) is 0 Å². The molecule has 1 fully saturated rings. The SMILES string of the molecule is CCN(C)CC1(CNC)CCC(C)CC1. The zero-order valence-corrected chi connectivity index (χ0v) is 11.0. The van der Waals surface area contributed by atoms with Crippen molar-refractivity contribution in [3.63, 3.8) is 0 Å². The van der Waals surface area contributed by atoms with Crippen molar-refractivity contribution in [1.82, 2.24) is 10.2 Å². The highest BCUT2D eigenvalue weighted by Crippen LogP contribution is 2.38. The van der Waals surface area contributed by atoms with Crippen LogP contribution in [0.5, 0.6) is 0 Å². The smallest absolute Gasteiger partial charge is 0.00470 e. The van der Waals surface area contributed by atoms with E-state index < -0.39 is 0 Å². The second kappa shape index (κ2) is 5.86. The molecule has 1 aliphatic rings. The Morgan fingerprint density at radius 3 is 2.40 bits per heavy atom. The molecule has 0 unspecified atom stereocenters. The summed E-state index contributed by atoms with van der Waals surface area (Å²) in [5, 5.41) is 3.40. The van der Waals surface area contributed by atoms with Crippen molar-refractivity contribution in [2.24, 2.45) is 11.3 Å². The van der Waals surface area contributed by atoms with Gasteiger partial charge in [-0.15, -0.1) is 0 Å². The van der Waals surface area contributed by atoms with Crippen molar-refractivity contribution in [1.29, 1.82) is 0 Å². The molecular weight excluding hydrogens is 184 g/mol. The molecule has 0 aromatic carbocycles. The Hall–Kier alpha value is -0.0800. The quantitative estimate of drug-likeness (QED) is 0.752. The van der Waals surface area contributed by atoms with E-state index in [0.29, 0.717) is 5.41 Å². The number of hydrogen-bond acceptors (Lipinski definition) is 2. The van der Waals surface area contributed by atoms with Gasteiger partial charge < -0.3 is 10.2 Å². The average Bonchev–Trinajstić information content (AvgIpc) is 2.23. The molecule has 0 radical (unpaired) electrons. The summed E-state index contributed by atoms with van der Waals surface area (Å²) in [5.41, 5.74) is 0.548. The standard InChI is InChI=1S/C13H28N2/c1-5-15(4)11-13(10-14-3)8-6-12(2)7-9-13/h12,14H,5-11H2,1-4H3. The average molecular weight is 212 g/mol. The summed E-state index contributed by atoms with van der Waals surface area (Å²) in [4.78, 5) is 2.47. The third-order valence-electron chi connectivity index (χ3n) is 4.03. The molecule has 90 valence electrons. The van der Waals surface area contributed by atoms with E-state index in [1.165, 1.54) is 45.3 Å². The van der Waals surface area contributed by atoms with Gasteiger partial charge in [-0.1, -0.05) is 26.7 Å². The van der Waals surface area contributed by atoms with Crippen LogP contribution >= 0.6 is 0 Å². The van der Waals surface area contributed by atoms with Crippen molar-refractivity contribution >= 4 is 0 Å². The highest BCUT2D eigenvalue weighted by atomic mass is 15.1. The van der Waals surface area contributed by atoms with Gasteiger partial charge in [0, 0.05) is 13.1 Å². The van der Waals surface area contributed by atoms with Crippen LogP contribution in [0.15, 0.2) is 0 Å². The van der Waals surface area contributed by atoms with E-state index in [-0.39, 0.29) is 0 Å². The van der Waals surface area contributed by atoms with E-state index in [4.69, 9.17) is 0 Å². The lowest BCUT2D eigenvalue weighted by atomic mass is 9.70. The second-order valence-electron chi connectivity index (χ2n) is 5.54. The summed E-state index contributed by atoms with van der Waals surface area (Å²) in [6.07, 6.45) is 5.64. The highest BCUT2D eigenvalue weighted by Gasteiger charge is 2.34. The summed E-state index contributed by atoms with van der Waals surface area (Å²) >= 11 is 0. The van der Waals surface area contributed by atoms with Gasteiger partial charge in [-0.05, 0) is 44.8 Å². The minimum atomic E-state index is 0.548. The minimum absolute atomic E-state index is 0.548. The summed E-state index contributed by atoms with van der Waals surface area (Å²) in [6.45, 7) is 8.26. The first kappa shape index (κ1) is 13.0. The fourth-order valence-corrected chi connectivity index (χ4v) is 2.82. The van der Waals surface area contributed by atoms with E-state index >= 15 is 0 Å². The Balaban J connectivity index is 2.54. The van der Waals surface area contributed by atoms with Gasteiger partial charge in [0.15, 0.2) is 0 Å². The van der Waals surface area contributed by atoms with Crippen LogP contribution in [0.1, 0.15) is 39.5 Å². The molecule has 2 heteroatoms. The number of hydrogen-bond donors (Lipinski definition) is 1. The zero-order chi connectivity index (χ0) is 11.3. The fourth-order valence-electron chi connectivity index (χ4n) is 2.82. The minimum Gasteiger partial charge on any atom is -0.319 e. The summed E-state index contributed by atoms with van der Waals surface area (Å²) in [5.74, 6) is 0.946. The molecule has 0 aromatic rings. The fraction of sp³-hybridized carbons (Fsp3) is 1.00. The van der Waals surface area contributed by atoms with Gasteiger partial charge in [-0.3, -0.25) is 0 Å². The molecule has 1 N–H and O–H groups in total. The number of rotatable bonds is 5. The number of nitrogens with zero attached hydrogens (tertiary/aromatic N) is 1. The van der Waals surface area contributed by atoms with Gasteiger partial charge in [-0.2, -0.15) is 0 Å². The van der Waals surface area contributed by atoms with Crippen molar-refractivity contribution in [2.75, 3.05) is 33.7 Å². The molecule has 1 rings (SSSR count). The van der Waals surface area contributed by atoms with Crippen molar-refractivity contribution in [2.45, 2.75) is 39.5 Å². The molecule has 0 amide bonds. The molecule has 0 aliphatic heterocycles. The number of nitrogens with one attached hydrogen (secondary N) is 1. The predicted octanol–water partition coefficient (Wildman–Crippen LogP) is 2.35. The van der Waals surface area contributed by atoms with Crippen LogP contribution in [-0.4, -0.2) is 38.6 Å². The van der Waals surface area contributed by atoms with E-state index in [0.717, 1.165) is 5.92 Å². The molecule has 15 heavy (non-hydrogen) atoms. The monoisotopic (exact) mass is 212 g/mol. The maximum atomic E-state index is 3.40. The first-order valence-electron chi connectivity index (χ1n) is 6.45. The Labute approximate surface area is 95.4 Å². The van der Waals surface area contributed by atoms with Crippen LogP contribution in [0, 0.1) is 11.3 Å². The van der Waals surface area contributed by atoms with Gasteiger partial charge in [0.1, 0.15) is 0 Å². The summed E-state index contributed by atoms with van der Waals surface area (Å²) in [6, 6.07) is 0. The third-order valence-corrected chi connectivity index (χ3v) is 4.03. The molecule has 2 nitrogen and oxygen atoms in total. The molecule has 1 aliphatic carbocycles. The van der Waals surface area contributed by atoms with Gasteiger partial charge in [0.05, 0.1) is 0 Å². The zero-order valence-electron chi connectivity index (χ0n) is 11.0. The van der Waals surface area contributed by atoms with E-state index in [9.17, 15) is 0 Å². The molecule has 0 saturated heterocycles. The summed E-state index contributed by atoms with van der Waals surface area (Å²) in [7, 11) is 4.33. The van der Waals surface area contributed by atoms with Crippen molar-refractivity contribution in [3.8, 4) is 0 Å². The van der Waals surface area contributed by atoms with Crippen LogP contribution in [0.3, 0.4) is 0 Å². The molecular formula is C13H28N2. The maximum Gasteiger partial charge on any atom is 0.00470 e. The highest BCUT2D eigenvalue weighted by molar-refractivity contribution is 4.88. The lowest BCUT2D eigenvalue weighted by Crippen LogP contribution is -2.44. The van der Waals surface area contributed by atoms with Crippen LogP contribution in [0.2, 0.25) is 0 Å². The lowest BCUT2D eigenvalue weighted by molar-refractivity contribution is 0.103. The molecule has 0 bridgehead atoms. The Kier molecular flexibility index (Phi) is 5.07. The second-order valence-corrected chi connectivity index (χ2v) is 5.54. The molecule has 0 aromatic heterocycles. The molecule has 1 saturated carbocycles. The predicted molar refractivity (Wildman–Crippen MR) is 67.2 cm³/mol. The van der Waals surface area contributed by atoms with Crippen molar-refractivity contribution in [3.05, 3.63) is 0 Å². The van der Waals surface area contributed by atoms with Crippen LogP contribution < -0.4 is 5.32 Å². The Bertz CT molecular complexity index is 171. The van der Waals surface area contributed by atoms with E-state index in [2.05, 4.69) is 38.2 Å². The molecule has 0 heterocycles. The lowest BCUT2D eigenvalue weighted by Gasteiger charge is -2.41. The van der Waals surface area contributed by atoms with Crippen LogP contribution in [0.4, 0.5) is 0 Å². The molecule has 0 atom stereocenters. The van der Waals surface area contributed by atoms with Gasteiger partial charge in [0.2, 0.25) is 0 Å². The van der Waals surface area contributed by atoms with Crippen LogP contribution in [-0.2, 0) is 0 Å². The largest absolute Gasteiger partial charge is 0.319 e. The van der Waals surface area contributed by atoms with Crippen molar-refractivity contribution < 1.29 is 0 Å². The van der Waals surface area contributed by atoms with Gasteiger partial charge >= 0.3 is 0 Å². The normalized spacial score (nSPS) is 32.2. The Morgan fingerprint density at radius 1 is 1.33 bits per heavy atom. The first-order valence-corrected chi connectivity index (χ1v) is 6.45. The third kappa shape index (κ3) is 3.76. The maximum absolute atomic E-state index is 3.40. The van der Waals surface area contributed by atoms with Gasteiger partial charge in [-0.25, -0.2) is 0 Å². The topological polar surface area (TPSA) is 15.3 Å². The van der Waals surface area contributed by atoms with E-state index in [1.807, 2.05) is 0 Å². The van der Waals surface area contributed by atoms with Gasteiger partial charge in [0.25, 0.3) is 0 Å². The molecule has 0 spiro atoms.